The molecule has 2 saturated carbocycles. The first-order valence-electron chi connectivity index (χ1n) is 10.4. The second kappa shape index (κ2) is 9.93. The first-order valence-corrected chi connectivity index (χ1v) is 10.4. The van der Waals surface area contributed by atoms with Crippen molar-refractivity contribution in [3.63, 3.8) is 0 Å². The van der Waals surface area contributed by atoms with Crippen LogP contribution < -0.4 is 10.6 Å². The number of ether oxygens (including phenoxy) is 1. The van der Waals surface area contributed by atoms with Gasteiger partial charge in [0.1, 0.15) is 0 Å². The normalized spacial score (nSPS) is 22.3. The number of hydrogen-bond donors (Lipinski definition) is 2. The number of hydrogen-bond acceptors (Lipinski definition) is 3. The molecule has 2 atom stereocenters. The Bertz CT molecular complexity index is 803. The highest BCUT2D eigenvalue weighted by atomic mass is 127. The van der Waals surface area contributed by atoms with Crippen LogP contribution >= 0.6 is 24.0 Å². The smallest absolute Gasteiger partial charge is 0.191 e. The maximum Gasteiger partial charge on any atom is 0.191 e. The van der Waals surface area contributed by atoms with Crippen LogP contribution in [0, 0.1) is 5.41 Å². The van der Waals surface area contributed by atoms with E-state index in [4.69, 9.17) is 4.74 Å². The van der Waals surface area contributed by atoms with Gasteiger partial charge in [-0.2, -0.15) is 5.10 Å². The standard InChI is InChI=1S/C22H31N5O.HI/c1-3-28-20-14-19(22(20)10-6-11-22)26-21(23-2)24-15-17-8-4-5-9-18(17)16-27-13-7-12-25-27;/h4-5,7-9,12-13,19-20H,3,6,10-11,14-16H2,1-2H3,(H2,23,24,26);1H. The first kappa shape index (κ1) is 22.1. The maximum absolute atomic E-state index is 5.97. The fourth-order valence-electron chi connectivity index (χ4n) is 4.63. The van der Waals surface area contributed by atoms with Crippen LogP contribution in [0.3, 0.4) is 0 Å². The molecule has 0 amide bonds. The summed E-state index contributed by atoms with van der Waals surface area (Å²) in [7, 11) is 1.84. The predicted molar refractivity (Wildman–Crippen MR) is 127 cm³/mol. The summed E-state index contributed by atoms with van der Waals surface area (Å²) in [5.41, 5.74) is 2.86. The van der Waals surface area contributed by atoms with Crippen molar-refractivity contribution >= 4 is 29.9 Å². The van der Waals surface area contributed by atoms with E-state index in [-0.39, 0.29) is 24.0 Å². The quantitative estimate of drug-likeness (QED) is 0.341. The lowest BCUT2D eigenvalue weighted by Crippen LogP contribution is -2.68. The van der Waals surface area contributed by atoms with Gasteiger partial charge in [0.2, 0.25) is 0 Å². The zero-order valence-electron chi connectivity index (χ0n) is 17.3. The molecule has 158 valence electrons. The van der Waals surface area contributed by atoms with Crippen molar-refractivity contribution in [2.24, 2.45) is 10.4 Å². The molecule has 29 heavy (non-hydrogen) atoms. The fourth-order valence-corrected chi connectivity index (χ4v) is 4.63. The molecule has 1 heterocycles. The van der Waals surface area contributed by atoms with E-state index in [1.807, 2.05) is 30.2 Å². The topological polar surface area (TPSA) is 63.5 Å². The second-order valence-electron chi connectivity index (χ2n) is 7.86. The molecule has 1 aromatic carbocycles. The average molecular weight is 509 g/mol. The molecule has 1 spiro atoms. The van der Waals surface area contributed by atoms with Gasteiger partial charge in [0.05, 0.1) is 12.6 Å². The van der Waals surface area contributed by atoms with E-state index < -0.39 is 0 Å². The third-order valence-corrected chi connectivity index (χ3v) is 6.43. The molecular formula is C22H32IN5O. The minimum atomic E-state index is 0. The lowest BCUT2D eigenvalue weighted by molar-refractivity contribution is -0.168. The maximum atomic E-state index is 5.97. The lowest BCUT2D eigenvalue weighted by atomic mass is 9.51. The van der Waals surface area contributed by atoms with Crippen molar-refractivity contribution in [3.8, 4) is 0 Å². The Labute approximate surface area is 190 Å². The fraction of sp³-hybridized carbons (Fsp3) is 0.545. The minimum absolute atomic E-state index is 0. The molecular weight excluding hydrogens is 477 g/mol. The first-order chi connectivity index (χ1) is 13.7. The number of aromatic nitrogens is 2. The van der Waals surface area contributed by atoms with E-state index in [0.717, 1.165) is 32.1 Å². The minimum Gasteiger partial charge on any atom is -0.378 e. The lowest BCUT2D eigenvalue weighted by Gasteiger charge is -2.61. The summed E-state index contributed by atoms with van der Waals surface area (Å²) in [4.78, 5) is 4.46. The van der Waals surface area contributed by atoms with Crippen LogP contribution in [0.1, 0.15) is 43.7 Å². The number of halogens is 1. The summed E-state index contributed by atoms with van der Waals surface area (Å²) in [5.74, 6) is 0.875. The van der Waals surface area contributed by atoms with Gasteiger partial charge in [0.25, 0.3) is 0 Å². The van der Waals surface area contributed by atoms with Crippen molar-refractivity contribution in [1.82, 2.24) is 20.4 Å². The van der Waals surface area contributed by atoms with Crippen molar-refractivity contribution in [2.45, 2.75) is 57.8 Å². The van der Waals surface area contributed by atoms with Crippen LogP contribution in [0.15, 0.2) is 47.7 Å². The van der Waals surface area contributed by atoms with Crippen LogP contribution in [0.25, 0.3) is 0 Å². The van der Waals surface area contributed by atoms with Crippen LogP contribution in [0.5, 0.6) is 0 Å². The van der Waals surface area contributed by atoms with E-state index in [1.54, 1.807) is 0 Å². The van der Waals surface area contributed by atoms with Gasteiger partial charge in [-0.05, 0) is 43.4 Å². The van der Waals surface area contributed by atoms with Crippen LogP contribution in [-0.2, 0) is 17.8 Å². The summed E-state index contributed by atoms with van der Waals surface area (Å²) in [6, 6.07) is 10.9. The molecule has 0 radical (unpaired) electrons. The van der Waals surface area contributed by atoms with Gasteiger partial charge in [0, 0.05) is 44.0 Å². The summed E-state index contributed by atoms with van der Waals surface area (Å²) in [6.07, 6.45) is 9.14. The van der Waals surface area contributed by atoms with Crippen molar-refractivity contribution in [2.75, 3.05) is 13.7 Å². The number of benzene rings is 1. The van der Waals surface area contributed by atoms with Gasteiger partial charge in [-0.15, -0.1) is 24.0 Å². The van der Waals surface area contributed by atoms with Gasteiger partial charge in [0.15, 0.2) is 5.96 Å². The number of rotatable bonds is 7. The molecule has 0 aliphatic heterocycles. The molecule has 2 aliphatic rings. The van der Waals surface area contributed by atoms with Gasteiger partial charge >= 0.3 is 0 Å². The van der Waals surface area contributed by atoms with Crippen molar-refractivity contribution in [3.05, 3.63) is 53.9 Å². The Morgan fingerprint density at radius 3 is 2.69 bits per heavy atom. The van der Waals surface area contributed by atoms with Gasteiger partial charge in [-0.25, -0.2) is 0 Å². The predicted octanol–water partition coefficient (Wildman–Crippen LogP) is 3.56. The Morgan fingerprint density at radius 1 is 1.28 bits per heavy atom. The summed E-state index contributed by atoms with van der Waals surface area (Å²) < 4.78 is 7.92. The molecule has 0 saturated heterocycles. The molecule has 4 rings (SSSR count). The average Bonchev–Trinajstić information content (AvgIpc) is 3.16. The zero-order chi connectivity index (χ0) is 19.4. The third kappa shape index (κ3) is 4.60. The van der Waals surface area contributed by atoms with E-state index in [2.05, 4.69) is 51.9 Å². The van der Waals surface area contributed by atoms with Crippen molar-refractivity contribution in [1.29, 1.82) is 0 Å². The van der Waals surface area contributed by atoms with Crippen molar-refractivity contribution < 1.29 is 4.74 Å². The molecule has 0 bridgehead atoms. The monoisotopic (exact) mass is 509 g/mol. The van der Waals surface area contributed by atoms with E-state index >= 15 is 0 Å². The molecule has 2 fully saturated rings. The number of nitrogens with one attached hydrogen (secondary N) is 2. The zero-order valence-corrected chi connectivity index (χ0v) is 19.6. The van der Waals surface area contributed by atoms with E-state index in [1.165, 1.54) is 30.4 Å². The molecule has 2 N–H and O–H groups in total. The summed E-state index contributed by atoms with van der Waals surface area (Å²) >= 11 is 0. The number of guanidine groups is 1. The molecule has 7 heteroatoms. The molecule has 6 nitrogen and oxygen atoms in total. The van der Waals surface area contributed by atoms with Crippen LogP contribution in [0.4, 0.5) is 0 Å². The molecule has 1 aromatic heterocycles. The molecule has 2 aromatic rings. The summed E-state index contributed by atoms with van der Waals surface area (Å²) in [5, 5.41) is 11.5. The highest BCUT2D eigenvalue weighted by molar-refractivity contribution is 14.0. The second-order valence-corrected chi connectivity index (χ2v) is 7.86. The van der Waals surface area contributed by atoms with Gasteiger partial charge in [-0.3, -0.25) is 9.67 Å². The highest BCUT2D eigenvalue weighted by Crippen LogP contribution is 2.57. The van der Waals surface area contributed by atoms with Gasteiger partial charge in [-0.1, -0.05) is 30.7 Å². The molecule has 2 aliphatic carbocycles. The van der Waals surface area contributed by atoms with E-state index in [0.29, 0.717) is 17.6 Å². The highest BCUT2D eigenvalue weighted by Gasteiger charge is 2.59. The number of nitrogens with zero attached hydrogens (tertiary/aromatic N) is 3. The van der Waals surface area contributed by atoms with Crippen LogP contribution in [0.2, 0.25) is 0 Å². The Kier molecular flexibility index (Phi) is 7.56. The summed E-state index contributed by atoms with van der Waals surface area (Å²) in [6.45, 7) is 4.41. The Hall–Kier alpha value is -1.61. The van der Waals surface area contributed by atoms with Crippen LogP contribution in [-0.4, -0.2) is 41.5 Å². The Morgan fingerprint density at radius 2 is 2.07 bits per heavy atom. The Balaban J connectivity index is 0.00000240. The number of aliphatic imine (C=N–C) groups is 1. The van der Waals surface area contributed by atoms with E-state index in [9.17, 15) is 0 Å². The molecule has 2 unspecified atom stereocenters. The third-order valence-electron chi connectivity index (χ3n) is 6.43. The largest absolute Gasteiger partial charge is 0.378 e. The SMILES string of the molecule is CCOC1CC(NC(=NC)NCc2ccccc2Cn2cccn2)C12CCC2.I. The van der Waals surface area contributed by atoms with Gasteiger partial charge < -0.3 is 15.4 Å².